The second kappa shape index (κ2) is 8.27. The zero-order valence-corrected chi connectivity index (χ0v) is 16.4. The van der Waals surface area contributed by atoms with E-state index in [0.29, 0.717) is 29.5 Å². The molecule has 2 heterocycles. The first-order chi connectivity index (χ1) is 13.0. The maximum atomic E-state index is 12.9. The van der Waals surface area contributed by atoms with Crippen molar-refractivity contribution in [2.75, 3.05) is 20.2 Å². The van der Waals surface area contributed by atoms with Crippen LogP contribution in [0.15, 0.2) is 54.7 Å². The Balaban J connectivity index is 1.68. The van der Waals surface area contributed by atoms with E-state index in [2.05, 4.69) is 4.98 Å². The van der Waals surface area contributed by atoms with Crippen LogP contribution in [0.2, 0.25) is 5.02 Å². The normalized spacial score (nSPS) is 10.7. The Morgan fingerprint density at radius 2 is 2.00 bits per heavy atom. The second-order valence-electron chi connectivity index (χ2n) is 6.34. The van der Waals surface area contributed by atoms with E-state index in [-0.39, 0.29) is 5.91 Å². The fourth-order valence-electron chi connectivity index (χ4n) is 2.98. The quantitative estimate of drug-likeness (QED) is 0.637. The van der Waals surface area contributed by atoms with E-state index in [1.165, 1.54) is 0 Å². The van der Waals surface area contributed by atoms with E-state index in [1.54, 1.807) is 30.3 Å². The Kier molecular flexibility index (Phi) is 5.81. The van der Waals surface area contributed by atoms with E-state index < -0.39 is 0 Å². The monoisotopic (exact) mass is 383 g/mol. The van der Waals surface area contributed by atoms with Crippen molar-refractivity contribution in [2.24, 2.45) is 0 Å². The minimum Gasteiger partial charge on any atom is -0.492 e. The molecule has 3 rings (SSSR count). The van der Waals surface area contributed by atoms with E-state index in [0.717, 1.165) is 17.2 Å². The van der Waals surface area contributed by atoms with Gasteiger partial charge >= 0.3 is 0 Å². The lowest BCUT2D eigenvalue weighted by molar-refractivity contribution is 0.0773. The van der Waals surface area contributed by atoms with Crippen molar-refractivity contribution in [2.45, 2.75) is 13.8 Å². The van der Waals surface area contributed by atoms with Crippen molar-refractivity contribution in [3.8, 4) is 11.6 Å². The van der Waals surface area contributed by atoms with Gasteiger partial charge in [0.05, 0.1) is 12.1 Å². The minimum absolute atomic E-state index is 0.0417. The summed E-state index contributed by atoms with van der Waals surface area (Å²) in [5, 5.41) is 0.624. The van der Waals surface area contributed by atoms with Crippen LogP contribution in [0.4, 0.5) is 0 Å². The number of halogens is 1. The number of hydrogen-bond acceptors (Lipinski definition) is 3. The highest BCUT2D eigenvalue weighted by Gasteiger charge is 2.20. The van der Waals surface area contributed by atoms with Gasteiger partial charge in [-0.3, -0.25) is 4.79 Å². The number of benzene rings is 1. The molecule has 0 N–H and O–H groups in total. The number of carbonyl (C=O) groups excluding carboxylic acids is 1. The number of carbonyl (C=O) groups is 1. The third-order valence-electron chi connectivity index (χ3n) is 4.38. The lowest BCUT2D eigenvalue weighted by Crippen LogP contribution is -2.31. The Bertz CT molecular complexity index is 938. The van der Waals surface area contributed by atoms with Crippen molar-refractivity contribution in [1.29, 1.82) is 0 Å². The number of pyridine rings is 1. The highest BCUT2D eigenvalue weighted by molar-refractivity contribution is 6.30. The maximum absolute atomic E-state index is 12.9. The van der Waals surface area contributed by atoms with Gasteiger partial charge in [-0.2, -0.15) is 0 Å². The summed E-state index contributed by atoms with van der Waals surface area (Å²) in [4.78, 5) is 18.9. The van der Waals surface area contributed by atoms with Crippen LogP contribution < -0.4 is 4.74 Å². The molecule has 0 fully saturated rings. The summed E-state index contributed by atoms with van der Waals surface area (Å²) >= 11 is 5.95. The molecule has 1 amide bonds. The highest BCUT2D eigenvalue weighted by Crippen LogP contribution is 2.21. The van der Waals surface area contributed by atoms with Crippen LogP contribution in [0.5, 0.6) is 5.75 Å². The SMILES string of the molecule is Cc1cc(C(=O)N(C)CCOc2cccc(Cl)c2)c(C)n1-c1ccccn1. The van der Waals surface area contributed by atoms with Crippen LogP contribution in [-0.2, 0) is 0 Å². The molecule has 0 aliphatic heterocycles. The number of hydrogen-bond donors (Lipinski definition) is 0. The van der Waals surface area contributed by atoms with Crippen LogP contribution in [0.3, 0.4) is 0 Å². The van der Waals surface area contributed by atoms with Crippen molar-refractivity contribution in [3.05, 3.63) is 76.7 Å². The summed E-state index contributed by atoms with van der Waals surface area (Å²) in [7, 11) is 1.77. The second-order valence-corrected chi connectivity index (χ2v) is 6.78. The summed E-state index contributed by atoms with van der Waals surface area (Å²) in [5.41, 5.74) is 2.51. The Hall–Kier alpha value is -2.79. The number of nitrogens with zero attached hydrogens (tertiary/aromatic N) is 3. The van der Waals surface area contributed by atoms with Crippen molar-refractivity contribution in [1.82, 2.24) is 14.5 Å². The molecular weight excluding hydrogens is 362 g/mol. The first-order valence-corrected chi connectivity index (χ1v) is 9.09. The molecule has 0 bridgehead atoms. The Morgan fingerprint density at radius 3 is 2.70 bits per heavy atom. The summed E-state index contributed by atoms with van der Waals surface area (Å²) in [6.07, 6.45) is 1.75. The van der Waals surface area contributed by atoms with Gasteiger partial charge in [-0.25, -0.2) is 4.98 Å². The fourth-order valence-corrected chi connectivity index (χ4v) is 3.16. The van der Waals surface area contributed by atoms with Crippen LogP contribution in [0, 0.1) is 13.8 Å². The molecule has 0 saturated carbocycles. The van der Waals surface area contributed by atoms with Gasteiger partial charge < -0.3 is 14.2 Å². The number of aromatic nitrogens is 2. The molecule has 6 heteroatoms. The van der Waals surface area contributed by atoms with Crippen molar-refractivity contribution >= 4 is 17.5 Å². The van der Waals surface area contributed by atoms with Crippen LogP contribution in [0.1, 0.15) is 21.7 Å². The smallest absolute Gasteiger partial charge is 0.255 e. The average Bonchev–Trinajstić information content (AvgIpc) is 2.96. The van der Waals surface area contributed by atoms with Crippen molar-refractivity contribution in [3.63, 3.8) is 0 Å². The molecule has 0 radical (unpaired) electrons. The van der Waals surface area contributed by atoms with Gasteiger partial charge in [-0.05, 0) is 50.2 Å². The highest BCUT2D eigenvalue weighted by atomic mass is 35.5. The Labute approximate surface area is 164 Å². The maximum Gasteiger partial charge on any atom is 0.255 e. The first kappa shape index (κ1) is 19.0. The zero-order chi connectivity index (χ0) is 19.4. The van der Waals surface area contributed by atoms with Gasteiger partial charge in [0, 0.05) is 29.7 Å². The number of rotatable bonds is 6. The molecule has 3 aromatic rings. The fraction of sp³-hybridized carbons (Fsp3) is 0.238. The van der Waals surface area contributed by atoms with Gasteiger partial charge in [0.25, 0.3) is 5.91 Å². The summed E-state index contributed by atoms with van der Waals surface area (Å²) in [6, 6.07) is 14.9. The predicted octanol–water partition coefficient (Wildman–Crippen LogP) is 4.29. The molecule has 0 aliphatic carbocycles. The van der Waals surface area contributed by atoms with Crippen LogP contribution in [0.25, 0.3) is 5.82 Å². The van der Waals surface area contributed by atoms with Gasteiger partial charge in [0.1, 0.15) is 18.2 Å². The lowest BCUT2D eigenvalue weighted by Gasteiger charge is -2.18. The van der Waals surface area contributed by atoms with Crippen LogP contribution >= 0.6 is 11.6 Å². The molecule has 0 saturated heterocycles. The number of ether oxygens (including phenoxy) is 1. The summed E-state index contributed by atoms with van der Waals surface area (Å²) < 4.78 is 7.67. The van der Waals surface area contributed by atoms with E-state index in [9.17, 15) is 4.79 Å². The Morgan fingerprint density at radius 1 is 1.19 bits per heavy atom. The number of aryl methyl sites for hydroxylation is 1. The average molecular weight is 384 g/mol. The molecule has 0 aliphatic rings. The molecule has 0 atom stereocenters. The molecule has 1 aromatic carbocycles. The molecule has 5 nitrogen and oxygen atoms in total. The standard InChI is InChI=1S/C21H22ClN3O2/c1-15-13-19(16(2)25(15)20-9-4-5-10-23-20)21(26)24(3)11-12-27-18-8-6-7-17(22)14-18/h4-10,13-14H,11-12H2,1-3H3. The number of amides is 1. The van der Waals surface area contributed by atoms with Gasteiger partial charge in [-0.15, -0.1) is 0 Å². The van der Waals surface area contributed by atoms with E-state index in [4.69, 9.17) is 16.3 Å². The topological polar surface area (TPSA) is 47.4 Å². The van der Waals surface area contributed by atoms with Crippen molar-refractivity contribution < 1.29 is 9.53 Å². The minimum atomic E-state index is -0.0417. The van der Waals surface area contributed by atoms with E-state index >= 15 is 0 Å². The molecule has 140 valence electrons. The number of likely N-dealkylation sites (N-methyl/N-ethyl adjacent to an activating group) is 1. The van der Waals surface area contributed by atoms with Gasteiger partial charge in [0.15, 0.2) is 0 Å². The third-order valence-corrected chi connectivity index (χ3v) is 4.61. The summed E-state index contributed by atoms with van der Waals surface area (Å²) in [6.45, 7) is 4.77. The zero-order valence-electron chi connectivity index (χ0n) is 15.6. The van der Waals surface area contributed by atoms with E-state index in [1.807, 2.05) is 54.8 Å². The lowest BCUT2D eigenvalue weighted by atomic mass is 10.2. The van der Waals surface area contributed by atoms with Crippen LogP contribution in [-0.4, -0.2) is 40.6 Å². The molecule has 2 aromatic heterocycles. The molecule has 0 unspecified atom stereocenters. The largest absolute Gasteiger partial charge is 0.492 e. The molecule has 27 heavy (non-hydrogen) atoms. The summed E-state index contributed by atoms with van der Waals surface area (Å²) in [5.74, 6) is 1.45. The molecule has 0 spiro atoms. The van der Waals surface area contributed by atoms with Gasteiger partial charge in [0.2, 0.25) is 0 Å². The predicted molar refractivity (Wildman–Crippen MR) is 107 cm³/mol. The third kappa shape index (κ3) is 4.31. The van der Waals surface area contributed by atoms with Gasteiger partial charge in [-0.1, -0.05) is 23.7 Å². The first-order valence-electron chi connectivity index (χ1n) is 8.71. The molecular formula is C21H22ClN3O2.